The highest BCUT2D eigenvalue weighted by Gasteiger charge is 2.26. The number of methoxy groups -OCH3 is 2. The van der Waals surface area contributed by atoms with E-state index in [1.807, 2.05) is 19.1 Å². The molecule has 0 radical (unpaired) electrons. The number of H-pyrrole nitrogens is 1. The number of hydrogen-bond acceptors (Lipinski definition) is 3. The van der Waals surface area contributed by atoms with Gasteiger partial charge in [0.25, 0.3) is 5.91 Å². The normalized spacial score (nSPS) is 13.6. The fourth-order valence-corrected chi connectivity index (χ4v) is 3.79. The molecular weight excluding hydrogens is 347 g/mol. The summed E-state index contributed by atoms with van der Waals surface area (Å²) in [5.74, 6) is 0.899. The van der Waals surface area contributed by atoms with Gasteiger partial charge in [-0.3, -0.25) is 4.79 Å². The molecule has 1 aliphatic heterocycles. The average Bonchev–Trinajstić information content (AvgIpc) is 3.00. The number of aromatic amines is 1. The van der Waals surface area contributed by atoms with Gasteiger partial charge in [0.15, 0.2) is 11.5 Å². The number of amides is 1. The highest BCUT2D eigenvalue weighted by Crippen LogP contribution is 2.34. The van der Waals surface area contributed by atoms with Gasteiger partial charge in [-0.05, 0) is 54.8 Å². The van der Waals surface area contributed by atoms with E-state index in [1.165, 1.54) is 12.1 Å². The van der Waals surface area contributed by atoms with Crippen LogP contribution in [0, 0.1) is 12.7 Å². The quantitative estimate of drug-likeness (QED) is 0.764. The van der Waals surface area contributed by atoms with Crippen LogP contribution in [0.15, 0.2) is 30.3 Å². The summed E-state index contributed by atoms with van der Waals surface area (Å²) < 4.78 is 24.5. The SMILES string of the molecule is COc1cc2c(cc1OC)CN(C(=O)c1c(C)[nH]c3ccc(F)cc13)CC2. The number of rotatable bonds is 3. The summed E-state index contributed by atoms with van der Waals surface area (Å²) in [4.78, 5) is 18.2. The van der Waals surface area contributed by atoms with Crippen molar-refractivity contribution < 1.29 is 18.7 Å². The minimum atomic E-state index is -0.351. The third-order valence-corrected chi connectivity index (χ3v) is 5.17. The average molecular weight is 368 g/mol. The van der Waals surface area contributed by atoms with Gasteiger partial charge in [-0.2, -0.15) is 0 Å². The smallest absolute Gasteiger partial charge is 0.256 e. The van der Waals surface area contributed by atoms with Crippen LogP contribution in [0.2, 0.25) is 0 Å². The lowest BCUT2D eigenvalue weighted by molar-refractivity contribution is 0.0735. The largest absolute Gasteiger partial charge is 0.493 e. The molecule has 2 aromatic carbocycles. The lowest BCUT2D eigenvalue weighted by Gasteiger charge is -2.30. The summed E-state index contributed by atoms with van der Waals surface area (Å²) in [6, 6.07) is 8.37. The molecule has 0 unspecified atom stereocenters. The van der Waals surface area contributed by atoms with Crippen LogP contribution in [0.5, 0.6) is 11.5 Å². The first-order valence-electron chi connectivity index (χ1n) is 8.82. The summed E-state index contributed by atoms with van der Waals surface area (Å²) in [6.07, 6.45) is 0.733. The number of benzene rings is 2. The minimum Gasteiger partial charge on any atom is -0.493 e. The molecule has 3 aromatic rings. The Kier molecular flexibility index (Phi) is 4.26. The number of hydrogen-bond donors (Lipinski definition) is 1. The topological polar surface area (TPSA) is 54.6 Å². The van der Waals surface area contributed by atoms with E-state index in [1.54, 1.807) is 25.2 Å². The van der Waals surface area contributed by atoms with Gasteiger partial charge in [-0.1, -0.05) is 0 Å². The Hall–Kier alpha value is -3.02. The van der Waals surface area contributed by atoms with Crippen LogP contribution in [0.4, 0.5) is 4.39 Å². The number of ether oxygens (including phenoxy) is 2. The van der Waals surface area contributed by atoms with Gasteiger partial charge in [0.2, 0.25) is 0 Å². The molecule has 4 rings (SSSR count). The third kappa shape index (κ3) is 2.91. The van der Waals surface area contributed by atoms with Crippen LogP contribution >= 0.6 is 0 Å². The van der Waals surface area contributed by atoms with E-state index in [-0.39, 0.29) is 11.7 Å². The Bertz CT molecular complexity index is 1040. The molecule has 1 aromatic heterocycles. The molecule has 6 heteroatoms. The second-order valence-electron chi connectivity index (χ2n) is 6.77. The molecule has 140 valence electrons. The fraction of sp³-hybridized carbons (Fsp3) is 0.286. The van der Waals surface area contributed by atoms with Gasteiger partial charge in [0.1, 0.15) is 5.82 Å². The molecule has 1 aliphatic rings. The zero-order valence-corrected chi connectivity index (χ0v) is 15.6. The molecule has 1 amide bonds. The van der Waals surface area contributed by atoms with Crippen molar-refractivity contribution in [2.75, 3.05) is 20.8 Å². The Morgan fingerprint density at radius 2 is 1.81 bits per heavy atom. The summed E-state index contributed by atoms with van der Waals surface area (Å²) in [7, 11) is 3.21. The molecule has 0 saturated carbocycles. The standard InChI is InChI=1S/C21H21FN2O3/c1-12-20(16-10-15(22)4-5-17(16)23-12)21(25)24-7-6-13-8-18(26-2)19(27-3)9-14(13)11-24/h4-5,8-10,23H,6-7,11H2,1-3H3. The van der Waals surface area contributed by atoms with Gasteiger partial charge in [-0.25, -0.2) is 4.39 Å². The van der Waals surface area contributed by atoms with E-state index in [4.69, 9.17) is 9.47 Å². The Morgan fingerprint density at radius 3 is 2.52 bits per heavy atom. The number of nitrogens with zero attached hydrogens (tertiary/aromatic N) is 1. The van der Waals surface area contributed by atoms with Gasteiger partial charge >= 0.3 is 0 Å². The Morgan fingerprint density at radius 1 is 1.11 bits per heavy atom. The van der Waals surface area contributed by atoms with Crippen molar-refractivity contribution in [1.82, 2.24) is 9.88 Å². The van der Waals surface area contributed by atoms with E-state index in [9.17, 15) is 9.18 Å². The first-order chi connectivity index (χ1) is 13.0. The number of fused-ring (bicyclic) bond motifs is 2. The van der Waals surface area contributed by atoms with Crippen LogP contribution in [0.25, 0.3) is 10.9 Å². The maximum atomic E-state index is 13.7. The summed E-state index contributed by atoms with van der Waals surface area (Å²) >= 11 is 0. The van der Waals surface area contributed by atoms with E-state index < -0.39 is 0 Å². The molecule has 0 bridgehead atoms. The van der Waals surface area contributed by atoms with Crippen LogP contribution in [0.3, 0.4) is 0 Å². The predicted molar refractivity (Wildman–Crippen MR) is 101 cm³/mol. The molecule has 2 heterocycles. The van der Waals surface area contributed by atoms with Crippen molar-refractivity contribution in [2.45, 2.75) is 19.9 Å². The van der Waals surface area contributed by atoms with Gasteiger partial charge in [0.05, 0.1) is 19.8 Å². The van der Waals surface area contributed by atoms with Crippen LogP contribution < -0.4 is 9.47 Å². The minimum absolute atomic E-state index is 0.0928. The van der Waals surface area contributed by atoms with E-state index in [0.29, 0.717) is 35.5 Å². The Balaban J connectivity index is 1.69. The van der Waals surface area contributed by atoms with Crippen LogP contribution in [-0.4, -0.2) is 36.6 Å². The van der Waals surface area contributed by atoms with Crippen molar-refractivity contribution in [3.8, 4) is 11.5 Å². The molecule has 0 spiro atoms. The first kappa shape index (κ1) is 17.4. The summed E-state index contributed by atoms with van der Waals surface area (Å²) in [5, 5.41) is 0.621. The van der Waals surface area contributed by atoms with Crippen molar-refractivity contribution >= 4 is 16.8 Å². The number of halogens is 1. The van der Waals surface area contributed by atoms with Crippen LogP contribution in [-0.2, 0) is 13.0 Å². The van der Waals surface area contributed by atoms with Gasteiger partial charge in [0, 0.05) is 29.7 Å². The number of aromatic nitrogens is 1. The van der Waals surface area contributed by atoms with Crippen molar-refractivity contribution in [1.29, 1.82) is 0 Å². The van der Waals surface area contributed by atoms with Crippen molar-refractivity contribution in [3.05, 3.63) is 58.5 Å². The number of nitrogens with one attached hydrogen (secondary N) is 1. The highest BCUT2D eigenvalue weighted by atomic mass is 19.1. The maximum Gasteiger partial charge on any atom is 0.256 e. The fourth-order valence-electron chi connectivity index (χ4n) is 3.79. The third-order valence-electron chi connectivity index (χ3n) is 5.17. The van der Waals surface area contributed by atoms with Crippen molar-refractivity contribution in [3.63, 3.8) is 0 Å². The Labute approximate surface area is 156 Å². The van der Waals surface area contributed by atoms with E-state index in [2.05, 4.69) is 4.98 Å². The second kappa shape index (κ2) is 6.61. The monoisotopic (exact) mass is 368 g/mol. The lowest BCUT2D eigenvalue weighted by Crippen LogP contribution is -2.36. The van der Waals surface area contributed by atoms with Crippen molar-refractivity contribution in [2.24, 2.45) is 0 Å². The maximum absolute atomic E-state index is 13.7. The molecule has 0 aliphatic carbocycles. The molecular formula is C21H21FN2O3. The van der Waals surface area contributed by atoms with Crippen LogP contribution in [0.1, 0.15) is 27.2 Å². The molecule has 27 heavy (non-hydrogen) atoms. The predicted octanol–water partition coefficient (Wildman–Crippen LogP) is 3.83. The van der Waals surface area contributed by atoms with Gasteiger partial charge < -0.3 is 19.4 Å². The first-order valence-corrected chi connectivity index (χ1v) is 8.82. The molecule has 0 fully saturated rings. The lowest BCUT2D eigenvalue weighted by atomic mass is 9.98. The number of aryl methyl sites for hydroxylation is 1. The zero-order chi connectivity index (χ0) is 19.1. The molecule has 0 saturated heterocycles. The number of carbonyl (C=O) groups excluding carboxylic acids is 1. The summed E-state index contributed by atoms with van der Waals surface area (Å²) in [5.41, 5.74) is 4.24. The van der Waals surface area contributed by atoms with E-state index >= 15 is 0 Å². The molecule has 1 N–H and O–H groups in total. The number of carbonyl (C=O) groups is 1. The molecule has 5 nitrogen and oxygen atoms in total. The molecule has 0 atom stereocenters. The van der Waals surface area contributed by atoms with Gasteiger partial charge in [-0.15, -0.1) is 0 Å². The second-order valence-corrected chi connectivity index (χ2v) is 6.77. The highest BCUT2D eigenvalue weighted by molar-refractivity contribution is 6.08. The zero-order valence-electron chi connectivity index (χ0n) is 15.6. The summed E-state index contributed by atoms with van der Waals surface area (Å²) in [6.45, 7) is 2.93. The van der Waals surface area contributed by atoms with E-state index in [0.717, 1.165) is 28.8 Å².